The highest BCUT2D eigenvalue weighted by atomic mass is 32.2. The molecule has 0 bridgehead atoms. The standard InChI is InChI=1S/C8H14N2O3S/c1-7-2-3-8(13-7)6-10-4-5-14(9,11)12/h2-3,10H,4-6H2,1H3,(H2,9,11,12). The molecule has 0 unspecified atom stereocenters. The Morgan fingerprint density at radius 3 is 2.71 bits per heavy atom. The van der Waals surface area contributed by atoms with Gasteiger partial charge in [0.15, 0.2) is 0 Å². The van der Waals surface area contributed by atoms with Crippen molar-refractivity contribution in [2.75, 3.05) is 12.3 Å². The van der Waals surface area contributed by atoms with E-state index in [2.05, 4.69) is 5.32 Å². The zero-order valence-corrected chi connectivity index (χ0v) is 8.80. The van der Waals surface area contributed by atoms with E-state index in [1.165, 1.54) is 0 Å². The Balaban J connectivity index is 2.23. The molecule has 1 rings (SSSR count). The van der Waals surface area contributed by atoms with Gasteiger partial charge in [-0.05, 0) is 19.1 Å². The number of aryl methyl sites for hydroxylation is 1. The SMILES string of the molecule is Cc1ccc(CNCCS(N)(=O)=O)o1. The maximum Gasteiger partial charge on any atom is 0.210 e. The van der Waals surface area contributed by atoms with E-state index in [-0.39, 0.29) is 5.75 Å². The highest BCUT2D eigenvalue weighted by Gasteiger charge is 2.02. The minimum atomic E-state index is -3.37. The summed E-state index contributed by atoms with van der Waals surface area (Å²) < 4.78 is 26.4. The van der Waals surface area contributed by atoms with E-state index >= 15 is 0 Å². The van der Waals surface area contributed by atoms with E-state index in [0.29, 0.717) is 13.1 Å². The number of hydrogen-bond acceptors (Lipinski definition) is 4. The molecule has 0 atom stereocenters. The number of nitrogens with one attached hydrogen (secondary N) is 1. The number of sulfonamides is 1. The summed E-state index contributed by atoms with van der Waals surface area (Å²) in [6.45, 7) is 2.70. The molecule has 14 heavy (non-hydrogen) atoms. The van der Waals surface area contributed by atoms with Crippen molar-refractivity contribution in [1.29, 1.82) is 0 Å². The first-order valence-electron chi connectivity index (χ1n) is 4.24. The number of nitrogens with two attached hydrogens (primary N) is 1. The number of hydrogen-bond donors (Lipinski definition) is 2. The van der Waals surface area contributed by atoms with Crippen LogP contribution in [0.4, 0.5) is 0 Å². The van der Waals surface area contributed by atoms with Gasteiger partial charge in [0.05, 0.1) is 12.3 Å². The maximum atomic E-state index is 10.6. The van der Waals surface area contributed by atoms with Crippen molar-refractivity contribution < 1.29 is 12.8 Å². The third-order valence-corrected chi connectivity index (χ3v) is 2.43. The number of furan rings is 1. The Morgan fingerprint density at radius 2 is 2.21 bits per heavy atom. The Bertz CT molecular complexity index is 383. The second-order valence-electron chi connectivity index (χ2n) is 3.06. The van der Waals surface area contributed by atoms with Gasteiger partial charge in [-0.15, -0.1) is 0 Å². The highest BCUT2D eigenvalue weighted by Crippen LogP contribution is 2.04. The van der Waals surface area contributed by atoms with Crippen molar-refractivity contribution in [3.63, 3.8) is 0 Å². The van der Waals surface area contributed by atoms with Crippen LogP contribution in [0.2, 0.25) is 0 Å². The van der Waals surface area contributed by atoms with Crippen LogP contribution in [0.3, 0.4) is 0 Å². The first-order valence-corrected chi connectivity index (χ1v) is 5.95. The lowest BCUT2D eigenvalue weighted by atomic mass is 10.4. The molecule has 3 N–H and O–H groups in total. The molecule has 0 radical (unpaired) electrons. The fourth-order valence-corrected chi connectivity index (χ4v) is 1.44. The maximum absolute atomic E-state index is 10.6. The summed E-state index contributed by atoms with van der Waals surface area (Å²) in [5.41, 5.74) is 0. The molecule has 0 amide bonds. The molecule has 0 aromatic carbocycles. The topological polar surface area (TPSA) is 85.3 Å². The molecule has 0 spiro atoms. The minimum absolute atomic E-state index is 0.0628. The van der Waals surface area contributed by atoms with Crippen LogP contribution in [0, 0.1) is 6.92 Å². The molecular weight excluding hydrogens is 204 g/mol. The van der Waals surface area contributed by atoms with Crippen molar-refractivity contribution in [1.82, 2.24) is 5.32 Å². The second-order valence-corrected chi connectivity index (χ2v) is 4.79. The summed E-state index contributed by atoms with van der Waals surface area (Å²) in [5.74, 6) is 1.57. The van der Waals surface area contributed by atoms with Crippen LogP contribution in [0.25, 0.3) is 0 Å². The summed E-state index contributed by atoms with van der Waals surface area (Å²) in [4.78, 5) is 0. The number of primary sulfonamides is 1. The number of rotatable bonds is 5. The van der Waals surface area contributed by atoms with Crippen LogP contribution >= 0.6 is 0 Å². The summed E-state index contributed by atoms with van der Waals surface area (Å²) in [5, 5.41) is 7.75. The molecule has 0 aliphatic carbocycles. The van der Waals surface area contributed by atoms with E-state index in [1.54, 1.807) is 0 Å². The van der Waals surface area contributed by atoms with Crippen molar-refractivity contribution in [3.05, 3.63) is 23.7 Å². The van der Waals surface area contributed by atoms with Gasteiger partial charge in [-0.25, -0.2) is 13.6 Å². The lowest BCUT2D eigenvalue weighted by molar-refractivity contribution is 0.465. The first-order chi connectivity index (χ1) is 6.47. The highest BCUT2D eigenvalue weighted by molar-refractivity contribution is 7.89. The normalized spacial score (nSPS) is 11.9. The first kappa shape index (κ1) is 11.2. The monoisotopic (exact) mass is 218 g/mol. The Labute approximate surface area is 83.3 Å². The predicted octanol–water partition coefficient (Wildman–Crippen LogP) is -0.0339. The van der Waals surface area contributed by atoms with Gasteiger partial charge in [0, 0.05) is 6.54 Å². The largest absolute Gasteiger partial charge is 0.465 e. The third-order valence-electron chi connectivity index (χ3n) is 1.66. The van der Waals surface area contributed by atoms with Gasteiger partial charge in [0.1, 0.15) is 11.5 Å². The zero-order valence-electron chi connectivity index (χ0n) is 7.99. The van der Waals surface area contributed by atoms with Crippen molar-refractivity contribution in [3.8, 4) is 0 Å². The molecule has 0 fully saturated rings. The Morgan fingerprint density at radius 1 is 1.50 bits per heavy atom. The molecule has 6 heteroatoms. The van der Waals surface area contributed by atoms with E-state index < -0.39 is 10.0 Å². The smallest absolute Gasteiger partial charge is 0.210 e. The lowest BCUT2D eigenvalue weighted by Crippen LogP contribution is -2.26. The molecular formula is C8H14N2O3S. The fraction of sp³-hybridized carbons (Fsp3) is 0.500. The summed E-state index contributed by atoms with van der Waals surface area (Å²) in [6, 6.07) is 3.70. The molecule has 5 nitrogen and oxygen atoms in total. The van der Waals surface area contributed by atoms with Crippen LogP contribution < -0.4 is 10.5 Å². The van der Waals surface area contributed by atoms with Gasteiger partial charge in [0.25, 0.3) is 0 Å². The molecule has 1 aromatic heterocycles. The van der Waals surface area contributed by atoms with Crippen molar-refractivity contribution in [2.24, 2.45) is 5.14 Å². The van der Waals surface area contributed by atoms with E-state index in [1.807, 2.05) is 19.1 Å². The second kappa shape index (κ2) is 4.59. The summed E-state index contributed by atoms with van der Waals surface area (Å²) in [6.07, 6.45) is 0. The molecule has 0 saturated heterocycles. The fourth-order valence-electron chi connectivity index (χ4n) is 1.01. The minimum Gasteiger partial charge on any atom is -0.465 e. The van der Waals surface area contributed by atoms with Crippen LogP contribution in [0.15, 0.2) is 16.5 Å². The van der Waals surface area contributed by atoms with Crippen LogP contribution in [0.5, 0.6) is 0 Å². The molecule has 0 aliphatic rings. The van der Waals surface area contributed by atoms with Gasteiger partial charge in [-0.3, -0.25) is 0 Å². The van der Waals surface area contributed by atoms with Gasteiger partial charge in [-0.2, -0.15) is 0 Å². The van der Waals surface area contributed by atoms with Crippen molar-refractivity contribution >= 4 is 10.0 Å². The van der Waals surface area contributed by atoms with Gasteiger partial charge >= 0.3 is 0 Å². The Hall–Kier alpha value is -0.850. The quantitative estimate of drug-likeness (QED) is 0.679. The van der Waals surface area contributed by atoms with Gasteiger partial charge in [0.2, 0.25) is 10.0 Å². The zero-order chi connectivity index (χ0) is 10.6. The third kappa shape index (κ3) is 4.40. The molecule has 0 saturated carbocycles. The predicted molar refractivity (Wildman–Crippen MR) is 53.1 cm³/mol. The van der Waals surface area contributed by atoms with Crippen LogP contribution in [-0.4, -0.2) is 20.7 Å². The molecule has 0 aliphatic heterocycles. The summed E-state index contributed by atoms with van der Waals surface area (Å²) in [7, 11) is -3.37. The molecule has 80 valence electrons. The Kier molecular flexibility index (Phi) is 3.68. The van der Waals surface area contributed by atoms with E-state index in [9.17, 15) is 8.42 Å². The lowest BCUT2D eigenvalue weighted by Gasteiger charge is -2.00. The summed E-state index contributed by atoms with van der Waals surface area (Å²) >= 11 is 0. The van der Waals surface area contributed by atoms with Crippen LogP contribution in [0.1, 0.15) is 11.5 Å². The average molecular weight is 218 g/mol. The van der Waals surface area contributed by atoms with E-state index in [0.717, 1.165) is 11.5 Å². The van der Waals surface area contributed by atoms with E-state index in [4.69, 9.17) is 9.56 Å². The van der Waals surface area contributed by atoms with Gasteiger partial charge < -0.3 is 9.73 Å². The molecule has 1 aromatic rings. The molecule has 1 heterocycles. The average Bonchev–Trinajstić information content (AvgIpc) is 2.44. The van der Waals surface area contributed by atoms with Crippen molar-refractivity contribution in [2.45, 2.75) is 13.5 Å². The van der Waals surface area contributed by atoms with Gasteiger partial charge in [-0.1, -0.05) is 0 Å². The van der Waals surface area contributed by atoms with Crippen LogP contribution in [-0.2, 0) is 16.6 Å².